The minimum atomic E-state index is 0.302. The molecule has 94 valence electrons. The van der Waals surface area contributed by atoms with Crippen LogP contribution in [0.1, 0.15) is 24.0 Å². The van der Waals surface area contributed by atoms with Crippen molar-refractivity contribution in [2.75, 3.05) is 24.6 Å². The topological polar surface area (TPSA) is 49.5 Å². The number of rotatable bonds is 4. The van der Waals surface area contributed by atoms with Gasteiger partial charge in [0.2, 0.25) is 0 Å². The number of aliphatic hydroxyl groups excluding tert-OH is 1. The zero-order chi connectivity index (χ0) is 12.3. The fourth-order valence-corrected chi connectivity index (χ4v) is 2.66. The Hall–Kier alpha value is -1.06. The Balaban J connectivity index is 2.12. The van der Waals surface area contributed by atoms with Crippen LogP contribution in [0.15, 0.2) is 18.2 Å². The Labute approximate surface area is 103 Å². The highest BCUT2D eigenvalue weighted by Gasteiger charge is 2.23. The van der Waals surface area contributed by atoms with E-state index in [0.29, 0.717) is 19.1 Å². The van der Waals surface area contributed by atoms with Crippen molar-refractivity contribution in [3.8, 4) is 0 Å². The van der Waals surface area contributed by atoms with E-state index in [4.69, 9.17) is 10.8 Å². The van der Waals surface area contributed by atoms with E-state index in [1.807, 2.05) is 0 Å². The SMILES string of the molecule is Cc1ccc(N2CCC(CCO)C2)c(CN)c1. The van der Waals surface area contributed by atoms with Gasteiger partial charge in [-0.1, -0.05) is 17.7 Å². The smallest absolute Gasteiger partial charge is 0.0434 e. The van der Waals surface area contributed by atoms with Gasteiger partial charge in [-0.25, -0.2) is 0 Å². The number of hydrogen-bond acceptors (Lipinski definition) is 3. The monoisotopic (exact) mass is 234 g/mol. The number of aryl methyl sites for hydroxylation is 1. The Bertz CT molecular complexity index is 378. The first kappa shape index (κ1) is 12.4. The highest BCUT2D eigenvalue weighted by atomic mass is 16.3. The zero-order valence-corrected chi connectivity index (χ0v) is 10.5. The summed E-state index contributed by atoms with van der Waals surface area (Å²) >= 11 is 0. The van der Waals surface area contributed by atoms with Gasteiger partial charge in [0.1, 0.15) is 0 Å². The van der Waals surface area contributed by atoms with Crippen molar-refractivity contribution in [2.24, 2.45) is 11.7 Å². The summed E-state index contributed by atoms with van der Waals surface area (Å²) < 4.78 is 0. The fourth-order valence-electron chi connectivity index (χ4n) is 2.66. The molecule has 0 aromatic heterocycles. The summed E-state index contributed by atoms with van der Waals surface area (Å²) in [5.41, 5.74) is 9.59. The molecule has 1 aliphatic rings. The maximum atomic E-state index is 8.98. The van der Waals surface area contributed by atoms with Crippen molar-refractivity contribution >= 4 is 5.69 Å². The van der Waals surface area contributed by atoms with Gasteiger partial charge in [-0.2, -0.15) is 0 Å². The second-order valence-corrected chi connectivity index (χ2v) is 4.95. The van der Waals surface area contributed by atoms with E-state index >= 15 is 0 Å². The van der Waals surface area contributed by atoms with Crippen LogP contribution in [-0.4, -0.2) is 24.8 Å². The van der Waals surface area contributed by atoms with E-state index in [9.17, 15) is 0 Å². The average Bonchev–Trinajstić information content (AvgIpc) is 2.78. The fraction of sp³-hybridized carbons (Fsp3) is 0.571. The van der Waals surface area contributed by atoms with Crippen LogP contribution in [0.5, 0.6) is 0 Å². The second-order valence-electron chi connectivity index (χ2n) is 4.95. The lowest BCUT2D eigenvalue weighted by molar-refractivity contribution is 0.263. The number of aliphatic hydroxyl groups is 1. The van der Waals surface area contributed by atoms with Gasteiger partial charge in [0.25, 0.3) is 0 Å². The molecule has 0 aliphatic carbocycles. The molecule has 2 rings (SSSR count). The molecule has 0 radical (unpaired) electrons. The molecule has 17 heavy (non-hydrogen) atoms. The minimum Gasteiger partial charge on any atom is -0.396 e. The number of benzene rings is 1. The third-order valence-electron chi connectivity index (χ3n) is 3.62. The molecule has 0 bridgehead atoms. The highest BCUT2D eigenvalue weighted by Crippen LogP contribution is 2.28. The summed E-state index contributed by atoms with van der Waals surface area (Å²) in [5, 5.41) is 8.98. The van der Waals surface area contributed by atoms with Crippen LogP contribution < -0.4 is 10.6 Å². The summed E-state index contributed by atoms with van der Waals surface area (Å²) in [6.07, 6.45) is 2.10. The predicted molar refractivity (Wildman–Crippen MR) is 71.1 cm³/mol. The van der Waals surface area contributed by atoms with Crippen LogP contribution in [-0.2, 0) is 6.54 Å². The molecule has 3 heteroatoms. The predicted octanol–water partition coefficient (Wildman–Crippen LogP) is 1.66. The van der Waals surface area contributed by atoms with Gasteiger partial charge in [0.05, 0.1) is 0 Å². The van der Waals surface area contributed by atoms with E-state index in [2.05, 4.69) is 30.0 Å². The highest BCUT2D eigenvalue weighted by molar-refractivity contribution is 5.55. The van der Waals surface area contributed by atoms with E-state index in [1.54, 1.807) is 0 Å². The van der Waals surface area contributed by atoms with Crippen molar-refractivity contribution in [1.82, 2.24) is 0 Å². The molecule has 1 atom stereocenters. The Kier molecular flexibility index (Phi) is 4.02. The van der Waals surface area contributed by atoms with Crippen LogP contribution >= 0.6 is 0 Å². The van der Waals surface area contributed by atoms with Crippen LogP contribution in [0.2, 0.25) is 0 Å². The molecule has 3 N–H and O–H groups in total. The summed E-state index contributed by atoms with van der Waals surface area (Å²) in [5.74, 6) is 0.631. The number of nitrogens with zero attached hydrogens (tertiary/aromatic N) is 1. The van der Waals surface area contributed by atoms with E-state index in [-0.39, 0.29) is 0 Å². The van der Waals surface area contributed by atoms with Crippen LogP contribution in [0.3, 0.4) is 0 Å². The van der Waals surface area contributed by atoms with Gasteiger partial charge < -0.3 is 15.7 Å². The maximum Gasteiger partial charge on any atom is 0.0434 e. The van der Waals surface area contributed by atoms with Gasteiger partial charge in [-0.05, 0) is 37.3 Å². The summed E-state index contributed by atoms with van der Waals surface area (Å²) in [7, 11) is 0. The average molecular weight is 234 g/mol. The Morgan fingerprint density at radius 2 is 2.29 bits per heavy atom. The first-order valence-electron chi connectivity index (χ1n) is 6.40. The first-order chi connectivity index (χ1) is 8.24. The minimum absolute atomic E-state index is 0.302. The van der Waals surface area contributed by atoms with Gasteiger partial charge in [0, 0.05) is 31.9 Å². The first-order valence-corrected chi connectivity index (χ1v) is 6.40. The largest absolute Gasteiger partial charge is 0.396 e. The van der Waals surface area contributed by atoms with Crippen LogP contribution in [0.25, 0.3) is 0 Å². The van der Waals surface area contributed by atoms with Gasteiger partial charge in [-0.3, -0.25) is 0 Å². The molecule has 0 amide bonds. The van der Waals surface area contributed by atoms with Crippen molar-refractivity contribution in [1.29, 1.82) is 0 Å². The van der Waals surface area contributed by atoms with Gasteiger partial charge in [0.15, 0.2) is 0 Å². The number of anilines is 1. The normalized spacial score (nSPS) is 19.9. The molecule has 0 spiro atoms. The molecule has 1 aliphatic heterocycles. The van der Waals surface area contributed by atoms with Crippen LogP contribution in [0, 0.1) is 12.8 Å². The quantitative estimate of drug-likeness (QED) is 0.833. The van der Waals surface area contributed by atoms with E-state index in [0.717, 1.165) is 19.5 Å². The van der Waals surface area contributed by atoms with Crippen molar-refractivity contribution in [2.45, 2.75) is 26.3 Å². The molecule has 1 aromatic rings. The molecule has 3 nitrogen and oxygen atoms in total. The third-order valence-corrected chi connectivity index (χ3v) is 3.62. The third kappa shape index (κ3) is 2.79. The summed E-state index contributed by atoms with van der Waals surface area (Å²) in [6, 6.07) is 6.50. The lowest BCUT2D eigenvalue weighted by Gasteiger charge is -2.22. The molecule has 0 saturated carbocycles. The maximum absolute atomic E-state index is 8.98. The van der Waals surface area contributed by atoms with Crippen molar-refractivity contribution in [3.63, 3.8) is 0 Å². The molecular formula is C14H22N2O. The summed E-state index contributed by atoms with van der Waals surface area (Å²) in [6.45, 7) is 5.13. The Morgan fingerprint density at radius 1 is 1.47 bits per heavy atom. The number of nitrogens with two attached hydrogens (primary N) is 1. The lowest BCUT2D eigenvalue weighted by atomic mass is 10.1. The Morgan fingerprint density at radius 3 is 3.00 bits per heavy atom. The van der Waals surface area contributed by atoms with Crippen molar-refractivity contribution in [3.05, 3.63) is 29.3 Å². The van der Waals surface area contributed by atoms with E-state index in [1.165, 1.54) is 23.2 Å². The standard InChI is InChI=1S/C14H22N2O/c1-11-2-3-14(13(8-11)9-15)16-6-4-12(10-16)5-7-17/h2-3,8,12,17H,4-7,9-10,15H2,1H3. The molecular weight excluding hydrogens is 212 g/mol. The molecule has 1 fully saturated rings. The van der Waals surface area contributed by atoms with E-state index < -0.39 is 0 Å². The molecule has 1 unspecified atom stereocenters. The molecule has 1 saturated heterocycles. The number of hydrogen-bond donors (Lipinski definition) is 2. The second kappa shape index (κ2) is 5.52. The van der Waals surface area contributed by atoms with Crippen LogP contribution in [0.4, 0.5) is 5.69 Å². The summed E-state index contributed by atoms with van der Waals surface area (Å²) in [4.78, 5) is 2.40. The zero-order valence-electron chi connectivity index (χ0n) is 10.5. The lowest BCUT2D eigenvalue weighted by Crippen LogP contribution is -2.22. The van der Waals surface area contributed by atoms with Gasteiger partial charge >= 0.3 is 0 Å². The van der Waals surface area contributed by atoms with Gasteiger partial charge in [-0.15, -0.1) is 0 Å². The van der Waals surface area contributed by atoms with Crippen molar-refractivity contribution < 1.29 is 5.11 Å². The molecule has 1 aromatic carbocycles. The molecule has 1 heterocycles.